The quantitative estimate of drug-likeness (QED) is 0.116. The third-order valence-corrected chi connectivity index (χ3v) is 12.2. The van der Waals surface area contributed by atoms with Crippen molar-refractivity contribution in [1.29, 1.82) is 0 Å². The highest BCUT2D eigenvalue weighted by atomic mass is 19.1. The minimum Gasteiger partial charge on any atom is -0.256 e. The lowest BCUT2D eigenvalue weighted by molar-refractivity contribution is 0.628. The van der Waals surface area contributed by atoms with Gasteiger partial charge in [0.05, 0.1) is 17.1 Å². The Balaban J connectivity index is 1.03. The molecule has 312 valence electrons. The van der Waals surface area contributed by atoms with Gasteiger partial charge in [0.25, 0.3) is 0 Å². The summed E-state index contributed by atoms with van der Waals surface area (Å²) in [6.45, 7) is 0. The maximum absolute atomic E-state index is 15.7. The number of nitrogens with zero attached hydrogens (tertiary/aromatic N) is 3. The number of aromatic nitrogens is 3. The van der Waals surface area contributed by atoms with Crippen LogP contribution in [-0.4, -0.2) is 15.0 Å². The second-order valence-electron chi connectivity index (χ2n) is 16.5. The molecule has 3 aromatic heterocycles. The number of hydrogen-bond acceptors (Lipinski definition) is 3. The van der Waals surface area contributed by atoms with Crippen molar-refractivity contribution in [3.05, 3.63) is 259 Å². The van der Waals surface area contributed by atoms with E-state index in [1.165, 1.54) is 22.3 Å². The molecule has 0 unspecified atom stereocenters. The molecule has 0 aliphatic carbocycles. The van der Waals surface area contributed by atoms with Crippen molar-refractivity contribution < 1.29 is 4.39 Å². The van der Waals surface area contributed by atoms with E-state index in [0.717, 1.165) is 104 Å². The zero-order valence-corrected chi connectivity index (χ0v) is 36.0. The summed E-state index contributed by atoms with van der Waals surface area (Å²) in [6.07, 6.45) is 8.97. The van der Waals surface area contributed by atoms with Crippen LogP contribution in [0.4, 0.5) is 4.39 Å². The van der Waals surface area contributed by atoms with Gasteiger partial charge in [-0.3, -0.25) is 15.0 Å². The lowest BCUT2D eigenvalue weighted by Crippen LogP contribution is -1.98. The number of pyridine rings is 3. The summed E-state index contributed by atoms with van der Waals surface area (Å²) < 4.78 is 15.7. The van der Waals surface area contributed by atoms with Crippen molar-refractivity contribution in [3.8, 4) is 78.3 Å². The standard InChI is InChI=1S/C61H46FN3/c62-54-32-34-55(58(42-54)56-33-31-52(61-14-6-9-37-65-61)41-57(56)49-29-27-48(28-30-49)47-10-2-1-3-11-47)53-39-45(17-15-43-19-23-50(24-20-43)59-12-4-7-35-63-59)38-46(40-53)18-16-44-21-25-51(26-22-44)60-13-5-8-36-64-60/h1-14,19-42H,15-18H2. The van der Waals surface area contributed by atoms with E-state index in [0.29, 0.717) is 0 Å². The molecule has 3 nitrogen and oxygen atoms in total. The molecule has 0 aliphatic rings. The molecule has 0 radical (unpaired) electrons. The molecule has 0 saturated carbocycles. The Kier molecular flexibility index (Phi) is 12.0. The molecule has 0 aliphatic heterocycles. The summed E-state index contributed by atoms with van der Waals surface area (Å²) in [5.41, 5.74) is 19.3. The highest BCUT2D eigenvalue weighted by Crippen LogP contribution is 2.41. The van der Waals surface area contributed by atoms with Gasteiger partial charge in [-0.05, 0) is 147 Å². The number of hydrogen-bond donors (Lipinski definition) is 0. The third-order valence-electron chi connectivity index (χ3n) is 12.2. The van der Waals surface area contributed by atoms with Gasteiger partial charge in [-0.25, -0.2) is 4.39 Å². The molecule has 4 heteroatoms. The molecule has 0 saturated heterocycles. The van der Waals surface area contributed by atoms with Crippen LogP contribution in [-0.2, 0) is 25.7 Å². The fourth-order valence-corrected chi connectivity index (χ4v) is 8.71. The first-order valence-corrected chi connectivity index (χ1v) is 22.2. The summed E-state index contributed by atoms with van der Waals surface area (Å²) in [4.78, 5) is 13.8. The zero-order valence-electron chi connectivity index (χ0n) is 36.0. The summed E-state index contributed by atoms with van der Waals surface area (Å²) in [5.74, 6) is -0.275. The fraction of sp³-hybridized carbons (Fsp3) is 0.0656. The molecule has 0 spiro atoms. The van der Waals surface area contributed by atoms with Crippen molar-refractivity contribution in [2.45, 2.75) is 25.7 Å². The first-order chi connectivity index (χ1) is 32.1. The molecular weight excluding hydrogens is 794 g/mol. The maximum Gasteiger partial charge on any atom is 0.123 e. The van der Waals surface area contributed by atoms with Crippen LogP contribution in [0.25, 0.3) is 78.3 Å². The van der Waals surface area contributed by atoms with E-state index in [9.17, 15) is 0 Å². The van der Waals surface area contributed by atoms with Crippen molar-refractivity contribution >= 4 is 0 Å². The van der Waals surface area contributed by atoms with Gasteiger partial charge < -0.3 is 0 Å². The Morgan fingerprint density at radius 2 is 0.708 bits per heavy atom. The zero-order chi connectivity index (χ0) is 43.8. The molecule has 0 N–H and O–H groups in total. The molecule has 0 atom stereocenters. The lowest BCUT2D eigenvalue weighted by atomic mass is 9.86. The minimum absolute atomic E-state index is 0.275. The predicted molar refractivity (Wildman–Crippen MR) is 266 cm³/mol. The van der Waals surface area contributed by atoms with Crippen LogP contribution in [0.3, 0.4) is 0 Å². The first kappa shape index (κ1) is 41.0. The topological polar surface area (TPSA) is 38.7 Å². The number of halogens is 1. The van der Waals surface area contributed by atoms with Crippen molar-refractivity contribution in [1.82, 2.24) is 15.0 Å². The van der Waals surface area contributed by atoms with Crippen LogP contribution in [0.5, 0.6) is 0 Å². The summed E-state index contributed by atoms with van der Waals surface area (Å²) in [6, 6.07) is 73.2. The second kappa shape index (κ2) is 19.1. The minimum atomic E-state index is -0.275. The molecule has 10 aromatic rings. The molecule has 0 amide bonds. The van der Waals surface area contributed by atoms with Gasteiger partial charge in [-0.1, -0.05) is 158 Å². The van der Waals surface area contributed by atoms with E-state index in [4.69, 9.17) is 0 Å². The molecule has 3 heterocycles. The van der Waals surface area contributed by atoms with Gasteiger partial charge in [0.1, 0.15) is 5.82 Å². The van der Waals surface area contributed by atoms with Crippen molar-refractivity contribution in [3.63, 3.8) is 0 Å². The second-order valence-corrected chi connectivity index (χ2v) is 16.5. The number of benzene rings is 7. The Hall–Kier alpha value is -8.08. The summed E-state index contributed by atoms with van der Waals surface area (Å²) in [7, 11) is 0. The van der Waals surface area contributed by atoms with Crippen molar-refractivity contribution in [2.75, 3.05) is 0 Å². The molecular formula is C61H46FN3. The highest BCUT2D eigenvalue weighted by Gasteiger charge is 2.17. The van der Waals surface area contributed by atoms with E-state index >= 15 is 4.39 Å². The van der Waals surface area contributed by atoms with Crippen LogP contribution in [0, 0.1) is 5.82 Å². The van der Waals surface area contributed by atoms with Crippen LogP contribution >= 0.6 is 0 Å². The van der Waals surface area contributed by atoms with Gasteiger partial charge in [-0.2, -0.15) is 0 Å². The van der Waals surface area contributed by atoms with Gasteiger partial charge >= 0.3 is 0 Å². The van der Waals surface area contributed by atoms with Crippen LogP contribution in [0.15, 0.2) is 231 Å². The molecule has 0 bridgehead atoms. The van der Waals surface area contributed by atoms with E-state index in [-0.39, 0.29) is 5.82 Å². The monoisotopic (exact) mass is 839 g/mol. The number of rotatable bonds is 13. The van der Waals surface area contributed by atoms with E-state index in [1.54, 1.807) is 12.1 Å². The average molecular weight is 840 g/mol. The van der Waals surface area contributed by atoms with Gasteiger partial charge in [-0.15, -0.1) is 0 Å². The molecule has 10 rings (SSSR count). The first-order valence-electron chi connectivity index (χ1n) is 22.2. The Labute approximate surface area is 380 Å². The van der Waals surface area contributed by atoms with Gasteiger partial charge in [0, 0.05) is 35.3 Å². The largest absolute Gasteiger partial charge is 0.256 e. The van der Waals surface area contributed by atoms with Crippen LogP contribution in [0.1, 0.15) is 22.3 Å². The maximum atomic E-state index is 15.7. The van der Waals surface area contributed by atoms with Crippen LogP contribution < -0.4 is 0 Å². The van der Waals surface area contributed by atoms with E-state index in [2.05, 4.69) is 148 Å². The van der Waals surface area contributed by atoms with E-state index in [1.807, 2.05) is 85.3 Å². The van der Waals surface area contributed by atoms with E-state index < -0.39 is 0 Å². The Morgan fingerprint density at radius 1 is 0.262 bits per heavy atom. The molecule has 65 heavy (non-hydrogen) atoms. The Bertz CT molecular complexity index is 3050. The predicted octanol–water partition coefficient (Wildman–Crippen LogP) is 15.3. The van der Waals surface area contributed by atoms with Gasteiger partial charge in [0.15, 0.2) is 0 Å². The normalized spacial score (nSPS) is 11.1. The van der Waals surface area contributed by atoms with Crippen LogP contribution in [0.2, 0.25) is 0 Å². The highest BCUT2D eigenvalue weighted by molar-refractivity contribution is 5.94. The Morgan fingerprint density at radius 3 is 1.25 bits per heavy atom. The summed E-state index contributed by atoms with van der Waals surface area (Å²) in [5, 5.41) is 0. The smallest absolute Gasteiger partial charge is 0.123 e. The van der Waals surface area contributed by atoms with Crippen molar-refractivity contribution in [2.24, 2.45) is 0 Å². The molecule has 7 aromatic carbocycles. The third kappa shape index (κ3) is 9.63. The lowest BCUT2D eigenvalue weighted by Gasteiger charge is -2.18. The average Bonchev–Trinajstić information content (AvgIpc) is 3.38. The molecule has 0 fully saturated rings. The summed E-state index contributed by atoms with van der Waals surface area (Å²) >= 11 is 0. The number of aryl methyl sites for hydroxylation is 4. The SMILES string of the molecule is Fc1ccc(-c2cc(CCc3ccc(-c4ccccn4)cc3)cc(CCc3ccc(-c4ccccn4)cc3)c2)c(-c2ccc(-c3ccccn3)cc2-c2ccc(-c3ccccc3)cc2)c1. The van der Waals surface area contributed by atoms with Gasteiger partial charge in [0.2, 0.25) is 0 Å². The fourth-order valence-electron chi connectivity index (χ4n) is 8.71.